The minimum absolute atomic E-state index is 0.315. The van der Waals surface area contributed by atoms with Gasteiger partial charge in [0, 0.05) is 21.8 Å². The number of benzene rings is 3. The third-order valence-corrected chi connectivity index (χ3v) is 5.26. The van der Waals surface area contributed by atoms with Crippen molar-refractivity contribution in [2.45, 2.75) is 0 Å². The smallest absolute Gasteiger partial charge is 0.259 e. The molecule has 0 bridgehead atoms. The summed E-state index contributed by atoms with van der Waals surface area (Å²) < 4.78 is 16.1. The number of hydrogen-bond donors (Lipinski definition) is 2. The molecule has 0 aliphatic carbocycles. The lowest BCUT2D eigenvalue weighted by atomic mass is 10.1. The van der Waals surface area contributed by atoms with E-state index in [4.69, 9.17) is 25.8 Å². The number of hydrogen-bond acceptors (Lipinski definition) is 6. The van der Waals surface area contributed by atoms with Crippen LogP contribution in [0.25, 0.3) is 22.3 Å². The van der Waals surface area contributed by atoms with Crippen molar-refractivity contribution in [2.24, 2.45) is 0 Å². The molecule has 1 aromatic heterocycles. The lowest BCUT2D eigenvalue weighted by Crippen LogP contribution is -2.13. The number of H-pyrrole nitrogens is 1. The molecule has 2 N–H and O–H groups in total. The van der Waals surface area contributed by atoms with Gasteiger partial charge < -0.3 is 24.5 Å². The van der Waals surface area contributed by atoms with Crippen LogP contribution in [0.15, 0.2) is 59.4 Å². The van der Waals surface area contributed by atoms with Crippen LogP contribution in [0.4, 0.5) is 5.69 Å². The average molecular weight is 466 g/mol. The molecule has 0 radical (unpaired) electrons. The number of methoxy groups -OCH3 is 3. The molecule has 4 aromatic rings. The van der Waals surface area contributed by atoms with Crippen molar-refractivity contribution in [1.82, 2.24) is 9.97 Å². The van der Waals surface area contributed by atoms with Gasteiger partial charge in [0.05, 0.1) is 32.2 Å². The highest BCUT2D eigenvalue weighted by Gasteiger charge is 2.16. The Labute approximate surface area is 194 Å². The number of ether oxygens (including phenoxy) is 3. The van der Waals surface area contributed by atoms with E-state index in [1.165, 1.54) is 21.3 Å². The maximum absolute atomic E-state index is 12.8. The molecule has 9 heteroatoms. The molecule has 0 aliphatic rings. The van der Waals surface area contributed by atoms with Crippen LogP contribution < -0.4 is 25.1 Å². The number of aromatic amines is 1. The summed E-state index contributed by atoms with van der Waals surface area (Å²) in [6.07, 6.45) is 0. The van der Waals surface area contributed by atoms with E-state index in [1.54, 1.807) is 54.6 Å². The molecule has 3 aromatic carbocycles. The summed E-state index contributed by atoms with van der Waals surface area (Å²) in [6, 6.07) is 14.8. The zero-order chi connectivity index (χ0) is 23.5. The lowest BCUT2D eigenvalue weighted by Gasteiger charge is -2.14. The predicted octanol–water partition coefficient (Wildman–Crippen LogP) is 4.52. The quantitative estimate of drug-likeness (QED) is 0.434. The molecule has 0 unspecified atom stereocenters. The third-order valence-electron chi connectivity index (χ3n) is 5.01. The first-order valence-electron chi connectivity index (χ1n) is 9.85. The van der Waals surface area contributed by atoms with E-state index < -0.39 is 0 Å². The number of amides is 1. The van der Waals surface area contributed by atoms with Gasteiger partial charge in [0.25, 0.3) is 11.5 Å². The zero-order valence-electron chi connectivity index (χ0n) is 18.1. The SMILES string of the molecule is COc1cc(-c2nc3ccc(NC(=O)c4ccc(Cl)cc4)cc3c(=O)[nH]2)cc(OC)c1OC. The number of nitrogens with zero attached hydrogens (tertiary/aromatic N) is 1. The fourth-order valence-electron chi connectivity index (χ4n) is 3.38. The second-order valence-corrected chi connectivity index (χ2v) is 7.46. The molecule has 0 saturated carbocycles. The molecule has 1 amide bonds. The molecule has 168 valence electrons. The highest BCUT2D eigenvalue weighted by molar-refractivity contribution is 6.30. The Balaban J connectivity index is 1.70. The summed E-state index contributed by atoms with van der Waals surface area (Å²) in [7, 11) is 4.54. The number of nitrogens with one attached hydrogen (secondary N) is 2. The van der Waals surface area contributed by atoms with Crippen molar-refractivity contribution < 1.29 is 19.0 Å². The highest BCUT2D eigenvalue weighted by atomic mass is 35.5. The van der Waals surface area contributed by atoms with Crippen LogP contribution in [0.5, 0.6) is 17.2 Å². The van der Waals surface area contributed by atoms with Crippen molar-refractivity contribution in [3.05, 3.63) is 75.5 Å². The molecular formula is C24H20ClN3O5. The molecule has 4 rings (SSSR count). The number of carbonyl (C=O) groups is 1. The number of rotatable bonds is 6. The second-order valence-electron chi connectivity index (χ2n) is 7.02. The molecule has 0 aliphatic heterocycles. The molecule has 0 spiro atoms. The van der Waals surface area contributed by atoms with E-state index in [9.17, 15) is 9.59 Å². The Hall–Kier alpha value is -4.04. The van der Waals surface area contributed by atoms with E-state index >= 15 is 0 Å². The zero-order valence-corrected chi connectivity index (χ0v) is 18.8. The first-order chi connectivity index (χ1) is 15.9. The number of carbonyl (C=O) groups excluding carboxylic acids is 1. The van der Waals surface area contributed by atoms with Crippen LogP contribution in [0.2, 0.25) is 5.02 Å². The fourth-order valence-corrected chi connectivity index (χ4v) is 3.50. The molecule has 0 fully saturated rings. The highest BCUT2D eigenvalue weighted by Crippen LogP contribution is 2.40. The van der Waals surface area contributed by atoms with Gasteiger partial charge in [-0.3, -0.25) is 9.59 Å². The van der Waals surface area contributed by atoms with Crippen molar-refractivity contribution >= 4 is 34.1 Å². The van der Waals surface area contributed by atoms with Gasteiger partial charge in [-0.1, -0.05) is 11.6 Å². The van der Waals surface area contributed by atoms with Crippen molar-refractivity contribution in [1.29, 1.82) is 0 Å². The molecular weight excluding hydrogens is 446 g/mol. The second kappa shape index (κ2) is 9.22. The number of fused-ring (bicyclic) bond motifs is 1. The van der Waals surface area contributed by atoms with Gasteiger partial charge in [-0.2, -0.15) is 0 Å². The number of aromatic nitrogens is 2. The Kier molecular flexibility index (Phi) is 6.19. The Morgan fingerprint density at radius 3 is 2.21 bits per heavy atom. The molecule has 0 saturated heterocycles. The summed E-state index contributed by atoms with van der Waals surface area (Å²) in [5, 5.41) is 3.65. The van der Waals surface area contributed by atoms with Gasteiger partial charge >= 0.3 is 0 Å². The Bertz CT molecular complexity index is 1370. The number of anilines is 1. The van der Waals surface area contributed by atoms with Crippen LogP contribution in [0.1, 0.15) is 10.4 Å². The van der Waals surface area contributed by atoms with Crippen LogP contribution >= 0.6 is 11.6 Å². The van der Waals surface area contributed by atoms with Crippen LogP contribution in [0.3, 0.4) is 0 Å². The summed E-state index contributed by atoms with van der Waals surface area (Å²) in [5.74, 6) is 1.34. The largest absolute Gasteiger partial charge is 0.493 e. The van der Waals surface area contributed by atoms with E-state index in [2.05, 4.69) is 15.3 Å². The lowest BCUT2D eigenvalue weighted by molar-refractivity contribution is 0.102. The minimum Gasteiger partial charge on any atom is -0.493 e. The Morgan fingerprint density at radius 2 is 1.61 bits per heavy atom. The summed E-state index contributed by atoms with van der Waals surface area (Å²) in [6.45, 7) is 0. The van der Waals surface area contributed by atoms with Gasteiger partial charge in [0.1, 0.15) is 5.82 Å². The van der Waals surface area contributed by atoms with E-state index in [0.29, 0.717) is 55.8 Å². The molecule has 8 nitrogen and oxygen atoms in total. The standard InChI is InChI=1S/C24H20ClN3O5/c1-31-19-10-14(11-20(32-2)21(19)33-3)22-27-18-9-8-16(12-17(18)24(30)28-22)26-23(29)13-4-6-15(25)7-5-13/h4-12H,1-3H3,(H,26,29)(H,27,28,30). The molecule has 0 atom stereocenters. The van der Waals surface area contributed by atoms with Crippen LogP contribution in [-0.2, 0) is 0 Å². The van der Waals surface area contributed by atoms with E-state index in [-0.39, 0.29) is 11.5 Å². The molecule has 33 heavy (non-hydrogen) atoms. The summed E-state index contributed by atoms with van der Waals surface area (Å²) >= 11 is 5.87. The predicted molar refractivity (Wildman–Crippen MR) is 127 cm³/mol. The van der Waals surface area contributed by atoms with Crippen LogP contribution in [0, 0.1) is 0 Å². The van der Waals surface area contributed by atoms with Gasteiger partial charge in [0.15, 0.2) is 11.5 Å². The van der Waals surface area contributed by atoms with Gasteiger partial charge in [-0.05, 0) is 54.6 Å². The monoisotopic (exact) mass is 465 g/mol. The Morgan fingerprint density at radius 1 is 0.939 bits per heavy atom. The first-order valence-corrected chi connectivity index (χ1v) is 10.2. The maximum Gasteiger partial charge on any atom is 0.259 e. The fraction of sp³-hybridized carbons (Fsp3) is 0.125. The van der Waals surface area contributed by atoms with Crippen LogP contribution in [-0.4, -0.2) is 37.2 Å². The maximum atomic E-state index is 12.8. The van der Waals surface area contributed by atoms with Gasteiger partial charge in [-0.15, -0.1) is 0 Å². The third kappa shape index (κ3) is 4.47. The number of halogens is 1. The summed E-state index contributed by atoms with van der Waals surface area (Å²) in [4.78, 5) is 32.7. The van der Waals surface area contributed by atoms with Crippen molar-refractivity contribution in [3.63, 3.8) is 0 Å². The van der Waals surface area contributed by atoms with Gasteiger partial charge in [-0.25, -0.2) is 4.98 Å². The minimum atomic E-state index is -0.355. The first kappa shape index (κ1) is 22.2. The van der Waals surface area contributed by atoms with Gasteiger partial charge in [0.2, 0.25) is 5.75 Å². The van der Waals surface area contributed by atoms with Crippen molar-refractivity contribution in [3.8, 4) is 28.6 Å². The normalized spacial score (nSPS) is 10.7. The topological polar surface area (TPSA) is 103 Å². The van der Waals surface area contributed by atoms with E-state index in [1.807, 2.05) is 0 Å². The van der Waals surface area contributed by atoms with Crippen molar-refractivity contribution in [2.75, 3.05) is 26.6 Å². The molecule has 1 heterocycles. The summed E-state index contributed by atoms with van der Waals surface area (Å²) in [5.41, 5.74) is 1.61. The van der Waals surface area contributed by atoms with E-state index in [0.717, 1.165) is 0 Å². The average Bonchev–Trinajstić information content (AvgIpc) is 2.83.